The van der Waals surface area contributed by atoms with Crippen molar-refractivity contribution in [2.75, 3.05) is 5.73 Å². The van der Waals surface area contributed by atoms with Crippen molar-refractivity contribution in [3.63, 3.8) is 0 Å². The first-order chi connectivity index (χ1) is 8.66. The van der Waals surface area contributed by atoms with E-state index in [2.05, 4.69) is 4.98 Å². The van der Waals surface area contributed by atoms with Gasteiger partial charge in [0.2, 0.25) is 5.95 Å². The van der Waals surface area contributed by atoms with E-state index in [9.17, 15) is 4.39 Å². The fourth-order valence-corrected chi connectivity index (χ4v) is 2.39. The number of fused-ring (bicyclic) bond motifs is 1. The van der Waals surface area contributed by atoms with Crippen LogP contribution in [0.15, 0.2) is 42.5 Å². The molecule has 3 rings (SSSR count). The van der Waals surface area contributed by atoms with Gasteiger partial charge in [-0.25, -0.2) is 9.37 Å². The maximum Gasteiger partial charge on any atom is 0.205 e. The highest BCUT2D eigenvalue weighted by Gasteiger charge is 2.12. The second-order valence-corrected chi connectivity index (χ2v) is 5.06. The largest absolute Gasteiger partial charge is 0.369 e. The topological polar surface area (TPSA) is 43.8 Å². The van der Waals surface area contributed by atoms with Gasteiger partial charge in [-0.15, -0.1) is 0 Å². The number of nitrogens with two attached hydrogens (primary N) is 1. The SMILES string of the molecule is Nc1nc2cc(I)c(F)cc2n1-c1ccccc1. The zero-order valence-corrected chi connectivity index (χ0v) is 11.4. The van der Waals surface area contributed by atoms with Crippen LogP contribution in [0.3, 0.4) is 0 Å². The standard InChI is InChI=1S/C13H9FIN3/c14-9-6-12-11(7-10(9)15)17-13(16)18(12)8-4-2-1-3-5-8/h1-7H,(H2,16,17). The Balaban J connectivity index is 2.36. The minimum absolute atomic E-state index is 0.264. The summed E-state index contributed by atoms with van der Waals surface area (Å²) in [5.74, 6) is 0.0952. The Labute approximate surface area is 117 Å². The highest BCUT2D eigenvalue weighted by molar-refractivity contribution is 14.1. The van der Waals surface area contributed by atoms with Gasteiger partial charge in [0.1, 0.15) is 5.82 Å². The van der Waals surface area contributed by atoms with Crippen molar-refractivity contribution in [2.24, 2.45) is 0 Å². The van der Waals surface area contributed by atoms with E-state index >= 15 is 0 Å². The molecule has 3 aromatic rings. The Morgan fingerprint density at radius 3 is 2.61 bits per heavy atom. The number of nitrogen functional groups attached to an aromatic ring is 1. The van der Waals surface area contributed by atoms with Crippen LogP contribution in [0.4, 0.5) is 10.3 Å². The average molecular weight is 353 g/mol. The average Bonchev–Trinajstić information content (AvgIpc) is 2.66. The number of hydrogen-bond donors (Lipinski definition) is 1. The molecule has 3 nitrogen and oxygen atoms in total. The van der Waals surface area contributed by atoms with Gasteiger partial charge in [0.05, 0.1) is 14.6 Å². The van der Waals surface area contributed by atoms with E-state index in [0.717, 1.165) is 5.69 Å². The first-order valence-corrected chi connectivity index (χ1v) is 6.43. The summed E-state index contributed by atoms with van der Waals surface area (Å²) in [5, 5.41) is 0. The second kappa shape index (κ2) is 4.24. The summed E-state index contributed by atoms with van der Waals surface area (Å²) in [6.45, 7) is 0. The molecular weight excluding hydrogens is 344 g/mol. The van der Waals surface area contributed by atoms with Gasteiger partial charge >= 0.3 is 0 Å². The Kier molecular flexibility index (Phi) is 2.70. The summed E-state index contributed by atoms with van der Waals surface area (Å²) < 4.78 is 15.9. The van der Waals surface area contributed by atoms with Crippen LogP contribution < -0.4 is 5.73 Å². The van der Waals surface area contributed by atoms with Crippen molar-refractivity contribution in [3.05, 3.63) is 51.9 Å². The van der Waals surface area contributed by atoms with E-state index in [0.29, 0.717) is 20.6 Å². The van der Waals surface area contributed by atoms with Gasteiger partial charge in [-0.1, -0.05) is 18.2 Å². The third-order valence-corrected chi connectivity index (χ3v) is 3.56. The first kappa shape index (κ1) is 11.5. The molecule has 5 heteroatoms. The summed E-state index contributed by atoms with van der Waals surface area (Å²) in [6.07, 6.45) is 0. The van der Waals surface area contributed by atoms with Crippen LogP contribution in [-0.4, -0.2) is 9.55 Å². The lowest BCUT2D eigenvalue weighted by Gasteiger charge is -2.06. The number of rotatable bonds is 1. The molecule has 0 aliphatic carbocycles. The fourth-order valence-electron chi connectivity index (χ4n) is 1.94. The molecule has 0 bridgehead atoms. The monoisotopic (exact) mass is 353 g/mol. The molecular formula is C13H9FIN3. The molecule has 0 unspecified atom stereocenters. The maximum atomic E-state index is 13.7. The van der Waals surface area contributed by atoms with Gasteiger partial charge < -0.3 is 5.73 Å². The molecule has 0 aliphatic rings. The summed E-state index contributed by atoms with van der Waals surface area (Å²) in [4.78, 5) is 4.26. The van der Waals surface area contributed by atoms with Gasteiger partial charge in [-0.2, -0.15) is 0 Å². The smallest absolute Gasteiger partial charge is 0.205 e. The van der Waals surface area contributed by atoms with E-state index in [1.807, 2.05) is 52.9 Å². The molecule has 0 amide bonds. The molecule has 0 saturated heterocycles. The molecule has 18 heavy (non-hydrogen) atoms. The summed E-state index contributed by atoms with van der Waals surface area (Å²) >= 11 is 1.94. The van der Waals surface area contributed by atoms with Gasteiger partial charge in [0.15, 0.2) is 0 Å². The molecule has 2 N–H and O–H groups in total. The molecule has 0 fully saturated rings. The lowest BCUT2D eigenvalue weighted by atomic mass is 10.2. The van der Waals surface area contributed by atoms with Crippen molar-refractivity contribution in [1.29, 1.82) is 0 Å². The third kappa shape index (κ3) is 1.74. The molecule has 0 aliphatic heterocycles. The van der Waals surface area contributed by atoms with Crippen LogP contribution in [-0.2, 0) is 0 Å². The van der Waals surface area contributed by atoms with Crippen LogP contribution in [0, 0.1) is 9.39 Å². The minimum atomic E-state index is -0.264. The second-order valence-electron chi connectivity index (χ2n) is 3.90. The van der Waals surface area contributed by atoms with E-state index in [4.69, 9.17) is 5.73 Å². The minimum Gasteiger partial charge on any atom is -0.369 e. The normalized spacial score (nSPS) is 11.0. The van der Waals surface area contributed by atoms with Crippen molar-refractivity contribution in [1.82, 2.24) is 9.55 Å². The van der Waals surface area contributed by atoms with E-state index in [-0.39, 0.29) is 5.82 Å². The number of imidazole rings is 1. The Morgan fingerprint density at radius 1 is 1.17 bits per heavy atom. The number of halogens is 2. The highest BCUT2D eigenvalue weighted by Crippen LogP contribution is 2.25. The van der Waals surface area contributed by atoms with Crippen LogP contribution in [0.2, 0.25) is 0 Å². The molecule has 0 spiro atoms. The molecule has 0 radical (unpaired) electrons. The Hall–Kier alpha value is -1.63. The van der Waals surface area contributed by atoms with Gasteiger partial charge in [-0.3, -0.25) is 4.57 Å². The van der Waals surface area contributed by atoms with Crippen LogP contribution >= 0.6 is 22.6 Å². The van der Waals surface area contributed by atoms with Crippen molar-refractivity contribution < 1.29 is 4.39 Å². The van der Waals surface area contributed by atoms with Gasteiger partial charge in [-0.05, 0) is 40.8 Å². The molecule has 0 saturated carbocycles. The van der Waals surface area contributed by atoms with Crippen LogP contribution in [0.1, 0.15) is 0 Å². The van der Waals surface area contributed by atoms with Crippen molar-refractivity contribution in [3.8, 4) is 5.69 Å². The van der Waals surface area contributed by atoms with Crippen LogP contribution in [0.5, 0.6) is 0 Å². The predicted octanol–water partition coefficient (Wildman–Crippen LogP) is 3.35. The molecule has 90 valence electrons. The zero-order valence-electron chi connectivity index (χ0n) is 9.27. The molecule has 1 heterocycles. The number of hydrogen-bond acceptors (Lipinski definition) is 2. The van der Waals surface area contributed by atoms with Gasteiger partial charge in [0, 0.05) is 11.8 Å². The molecule has 2 aromatic carbocycles. The number of para-hydroxylation sites is 1. The fraction of sp³-hybridized carbons (Fsp3) is 0. The van der Waals surface area contributed by atoms with Crippen molar-refractivity contribution in [2.45, 2.75) is 0 Å². The predicted molar refractivity (Wildman–Crippen MR) is 78.2 cm³/mol. The summed E-state index contributed by atoms with van der Waals surface area (Å²) in [6, 6.07) is 12.7. The van der Waals surface area contributed by atoms with E-state index < -0.39 is 0 Å². The number of benzene rings is 2. The van der Waals surface area contributed by atoms with Gasteiger partial charge in [0.25, 0.3) is 0 Å². The lowest BCUT2D eigenvalue weighted by molar-refractivity contribution is 0.622. The third-order valence-electron chi connectivity index (χ3n) is 2.74. The quantitative estimate of drug-likeness (QED) is 0.682. The Bertz CT molecular complexity index is 722. The molecule has 0 atom stereocenters. The maximum absolute atomic E-state index is 13.7. The first-order valence-electron chi connectivity index (χ1n) is 5.35. The number of aromatic nitrogens is 2. The van der Waals surface area contributed by atoms with Crippen molar-refractivity contribution >= 4 is 39.6 Å². The lowest BCUT2D eigenvalue weighted by Crippen LogP contribution is -2.00. The zero-order chi connectivity index (χ0) is 12.7. The Morgan fingerprint density at radius 2 is 1.89 bits per heavy atom. The summed E-state index contributed by atoms with van der Waals surface area (Å²) in [7, 11) is 0. The summed E-state index contributed by atoms with van der Waals surface area (Å²) in [5.41, 5.74) is 8.16. The van der Waals surface area contributed by atoms with Crippen LogP contribution in [0.25, 0.3) is 16.7 Å². The highest BCUT2D eigenvalue weighted by atomic mass is 127. The number of nitrogens with zero attached hydrogens (tertiary/aromatic N) is 2. The molecule has 1 aromatic heterocycles. The van der Waals surface area contributed by atoms with E-state index in [1.165, 1.54) is 6.07 Å². The number of anilines is 1. The van der Waals surface area contributed by atoms with E-state index in [1.54, 1.807) is 10.6 Å².